The molecule has 0 radical (unpaired) electrons. The number of rotatable bonds is 4. The highest BCUT2D eigenvalue weighted by molar-refractivity contribution is 5.81. The molecule has 0 bridgehead atoms. The fourth-order valence-corrected chi connectivity index (χ4v) is 2.52. The first-order valence-corrected chi connectivity index (χ1v) is 6.71. The summed E-state index contributed by atoms with van der Waals surface area (Å²) in [6.07, 6.45) is 0.106. The lowest BCUT2D eigenvalue weighted by atomic mass is 10.1. The zero-order chi connectivity index (χ0) is 16.6. The molecule has 1 fully saturated rings. The van der Waals surface area contributed by atoms with Crippen molar-refractivity contribution in [3.63, 3.8) is 0 Å². The van der Waals surface area contributed by atoms with Gasteiger partial charge in [-0.25, -0.2) is 10.3 Å². The van der Waals surface area contributed by atoms with Crippen LogP contribution in [0.1, 0.15) is 6.23 Å². The van der Waals surface area contributed by atoms with E-state index in [-0.39, 0.29) is 5.82 Å². The Labute approximate surface area is 129 Å². The zero-order valence-electron chi connectivity index (χ0n) is 12.1. The molecule has 122 valence electrons. The zero-order valence-corrected chi connectivity index (χ0v) is 12.1. The third kappa shape index (κ3) is 2.34. The van der Waals surface area contributed by atoms with Gasteiger partial charge in [-0.2, -0.15) is 5.26 Å². The third-order valence-corrected chi connectivity index (χ3v) is 3.66. The van der Waals surface area contributed by atoms with Crippen LogP contribution >= 0.6 is 0 Å². The molecule has 2 aromatic heterocycles. The van der Waals surface area contributed by atoms with Crippen LogP contribution in [0.15, 0.2) is 12.7 Å². The van der Waals surface area contributed by atoms with Crippen molar-refractivity contribution >= 4 is 17.0 Å². The molecule has 4 atom stereocenters. The Morgan fingerprint density at radius 3 is 2.87 bits per heavy atom. The van der Waals surface area contributed by atoms with E-state index in [9.17, 15) is 10.2 Å². The van der Waals surface area contributed by atoms with Gasteiger partial charge in [-0.15, -0.1) is 0 Å². The van der Waals surface area contributed by atoms with Crippen LogP contribution in [0, 0.1) is 11.5 Å². The lowest BCUT2D eigenvalue weighted by Crippen LogP contribution is -2.43. The van der Waals surface area contributed by atoms with Gasteiger partial charge < -0.3 is 24.9 Å². The monoisotopic (exact) mass is 325 g/mol. The number of nitrogens with zero attached hydrogens (tertiary/aromatic N) is 5. The van der Waals surface area contributed by atoms with Gasteiger partial charge in [0.1, 0.15) is 31.7 Å². The van der Waals surface area contributed by atoms with Crippen LogP contribution < -0.4 is 14.9 Å². The summed E-state index contributed by atoms with van der Waals surface area (Å²) < 4.78 is 8.09. The van der Waals surface area contributed by atoms with Crippen LogP contribution in [0.5, 0.6) is 0 Å². The van der Waals surface area contributed by atoms with Crippen molar-refractivity contribution in [2.24, 2.45) is 0 Å². The van der Waals surface area contributed by atoms with Crippen molar-refractivity contribution in [1.82, 2.24) is 14.5 Å². The summed E-state index contributed by atoms with van der Waals surface area (Å²) in [6, 6.07) is 0. The van der Waals surface area contributed by atoms with Crippen molar-refractivity contribution in [2.75, 3.05) is 19.0 Å². The predicted octanol–water partition coefficient (Wildman–Crippen LogP) is -2.72. The highest BCUT2D eigenvalue weighted by Gasteiger charge is 2.44. The topological polar surface area (TPSA) is 150 Å². The number of fused-ring (bicyclic) bond motifs is 1. The number of aliphatic hydroxyl groups is 3. The predicted molar refractivity (Wildman–Crippen MR) is 72.5 cm³/mol. The summed E-state index contributed by atoms with van der Waals surface area (Å²) in [5.74, 6) is 0.255. The van der Waals surface area contributed by atoms with Gasteiger partial charge in [-0.1, -0.05) is 9.71 Å². The van der Waals surface area contributed by atoms with Gasteiger partial charge in [0.2, 0.25) is 11.2 Å². The highest BCUT2D eigenvalue weighted by Crippen LogP contribution is 2.31. The van der Waals surface area contributed by atoms with Crippen molar-refractivity contribution in [3.05, 3.63) is 12.7 Å². The first kappa shape index (κ1) is 15.4. The number of ether oxygens (including phenoxy) is 1. The van der Waals surface area contributed by atoms with Crippen LogP contribution in [0.4, 0.5) is 5.82 Å². The van der Waals surface area contributed by atoms with Crippen LogP contribution in [-0.2, 0) is 4.74 Å². The van der Waals surface area contributed by atoms with Crippen LogP contribution in [0.2, 0.25) is 0 Å². The standard InChI is InChI=1S/C12H14N6O5/c1-22-18-5-16-10-7(11(18)14-3-13)15-4-17(10)12-9(21)8(20)6(2-19)23-12/h4-6,8-9,12,19-21H,2H2,1H3/p+1/t6-,8-,9-,12-/m1/s1/i13+1,14+1. The molecule has 23 heavy (non-hydrogen) atoms. The smallest absolute Gasteiger partial charge is 0.305 e. The Morgan fingerprint density at radius 1 is 1.48 bits per heavy atom. The molecular weight excluding hydrogens is 310 g/mol. The first-order chi connectivity index (χ1) is 11.1. The number of nitrogens with one attached hydrogen (secondary N) is 1. The van der Waals surface area contributed by atoms with E-state index in [1.807, 2.05) is 0 Å². The molecule has 0 amide bonds. The van der Waals surface area contributed by atoms with E-state index in [2.05, 4.69) is 15.3 Å². The number of aliphatic hydroxyl groups excluding tert-OH is 3. The third-order valence-electron chi connectivity index (χ3n) is 3.66. The average Bonchev–Trinajstić information content (AvgIpc) is 3.10. The van der Waals surface area contributed by atoms with Crippen LogP contribution in [0.25, 0.3) is 11.2 Å². The Balaban J connectivity index is 2.07. The Morgan fingerprint density at radius 2 is 2.26 bits per heavy atom. The largest absolute Gasteiger partial charge is 0.394 e. The van der Waals surface area contributed by atoms with E-state index in [1.165, 1.54) is 29.1 Å². The van der Waals surface area contributed by atoms with E-state index in [4.69, 9.17) is 19.9 Å². The van der Waals surface area contributed by atoms with Crippen molar-refractivity contribution in [2.45, 2.75) is 24.5 Å². The highest BCUT2D eigenvalue weighted by atomic mass is 16.6. The second-order valence-electron chi connectivity index (χ2n) is 4.89. The molecule has 0 aliphatic carbocycles. The van der Waals surface area contributed by atoms with Gasteiger partial charge in [-0.05, 0) is 0 Å². The van der Waals surface area contributed by atoms with Crippen molar-refractivity contribution in [1.29, 1.82) is 5.26 Å². The normalized spacial score (nSPS) is 27.1. The molecule has 3 rings (SSSR count). The number of nitriles is 1. The Kier molecular flexibility index (Phi) is 3.97. The van der Waals surface area contributed by atoms with E-state index in [0.29, 0.717) is 11.2 Å². The SMILES string of the molecule is CO[n+]1cnc2c(ncn2[C@@H]2O[C@H](CO)[C@@H](O)[C@H]2O)c1[15NH]C#[15N]. The summed E-state index contributed by atoms with van der Waals surface area (Å²) >= 11 is 0. The van der Waals surface area contributed by atoms with E-state index >= 15 is 0 Å². The van der Waals surface area contributed by atoms with Gasteiger partial charge in [0.05, 0.1) is 6.61 Å². The van der Waals surface area contributed by atoms with Gasteiger partial charge in [-0.3, -0.25) is 4.57 Å². The van der Waals surface area contributed by atoms with E-state index in [0.717, 1.165) is 0 Å². The second kappa shape index (κ2) is 5.94. The molecule has 2 aromatic rings. The maximum atomic E-state index is 10.1. The van der Waals surface area contributed by atoms with Crippen LogP contribution in [-0.4, -0.2) is 61.9 Å². The molecule has 1 aliphatic rings. The molecular formula is C12H15N6O5+. The average molecular weight is 325 g/mol. The van der Waals surface area contributed by atoms with Crippen molar-refractivity contribution < 1.29 is 29.6 Å². The van der Waals surface area contributed by atoms with Crippen LogP contribution in [0.3, 0.4) is 0 Å². The first-order valence-electron chi connectivity index (χ1n) is 6.71. The fraction of sp³-hybridized carbons (Fsp3) is 0.500. The molecule has 0 unspecified atom stereocenters. The molecule has 11 nitrogen and oxygen atoms in total. The molecule has 0 spiro atoms. The minimum atomic E-state index is -1.26. The van der Waals surface area contributed by atoms with Gasteiger partial charge >= 0.3 is 5.82 Å². The number of hydrogen-bond donors (Lipinski definition) is 4. The van der Waals surface area contributed by atoms with Crippen molar-refractivity contribution in [3.8, 4) is 6.19 Å². The number of anilines is 1. The van der Waals surface area contributed by atoms with Gasteiger partial charge in [0.15, 0.2) is 6.23 Å². The molecule has 0 aromatic carbocycles. The molecule has 0 saturated carbocycles. The number of aromatic nitrogens is 4. The minimum absolute atomic E-state index is 0.255. The second-order valence-corrected chi connectivity index (χ2v) is 4.89. The maximum absolute atomic E-state index is 10.1. The number of hydrogen-bond acceptors (Lipinski definition) is 9. The Hall–Kier alpha value is -2.52. The summed E-state index contributed by atoms with van der Waals surface area (Å²) in [6.45, 7) is -0.431. The fourth-order valence-electron chi connectivity index (χ4n) is 2.52. The summed E-state index contributed by atoms with van der Waals surface area (Å²) in [4.78, 5) is 13.4. The lowest BCUT2D eigenvalue weighted by Gasteiger charge is -2.15. The summed E-state index contributed by atoms with van der Waals surface area (Å²) in [5.41, 5.74) is 0.625. The summed E-state index contributed by atoms with van der Waals surface area (Å²) in [7, 11) is 1.40. The lowest BCUT2D eigenvalue weighted by molar-refractivity contribution is -0.875. The quantitative estimate of drug-likeness (QED) is 0.203. The van der Waals surface area contributed by atoms with E-state index < -0.39 is 31.1 Å². The molecule has 1 aliphatic heterocycles. The molecule has 3 heterocycles. The summed E-state index contributed by atoms with van der Waals surface area (Å²) in [5, 5.41) is 40.4. The van der Waals surface area contributed by atoms with Gasteiger partial charge in [0, 0.05) is 0 Å². The number of imidazole rings is 1. The minimum Gasteiger partial charge on any atom is -0.394 e. The van der Waals surface area contributed by atoms with E-state index in [1.54, 1.807) is 6.19 Å². The maximum Gasteiger partial charge on any atom is 0.305 e. The Bertz CT molecular complexity index is 758. The molecule has 4 N–H and O–H groups in total. The van der Waals surface area contributed by atoms with Gasteiger partial charge in [0.25, 0.3) is 12.5 Å². The molecule has 11 heteroatoms. The molecule has 1 saturated heterocycles.